The minimum Gasteiger partial charge on any atom is -1.00 e. The number of anilines is 1. The van der Waals surface area contributed by atoms with E-state index in [0.29, 0.717) is 0 Å². The van der Waals surface area contributed by atoms with Gasteiger partial charge in [-0.25, -0.2) is 4.39 Å². The molecule has 6 heteroatoms. The molecule has 136 valence electrons. The number of nitrogens with zero attached hydrogens (tertiary/aromatic N) is 2. The summed E-state index contributed by atoms with van der Waals surface area (Å²) in [7, 11) is 6.16. The second-order valence-electron chi connectivity index (χ2n) is 6.72. The van der Waals surface area contributed by atoms with Gasteiger partial charge < -0.3 is 39.2 Å². The highest BCUT2D eigenvalue weighted by Gasteiger charge is 2.22. The smallest absolute Gasteiger partial charge is 0.240 e. The van der Waals surface area contributed by atoms with Crippen LogP contribution in [-0.2, 0) is 7.05 Å². The first-order valence-corrected chi connectivity index (χ1v) is 8.46. The Kier molecular flexibility index (Phi) is 5.34. The van der Waals surface area contributed by atoms with Crippen molar-refractivity contribution in [3.63, 3.8) is 0 Å². The van der Waals surface area contributed by atoms with Crippen LogP contribution in [0.5, 0.6) is 0 Å². The minimum atomic E-state index is -0.219. The maximum atomic E-state index is 13.8. The van der Waals surface area contributed by atoms with Crippen molar-refractivity contribution in [1.29, 1.82) is 0 Å². The molecule has 0 fully saturated rings. The SMILES string of the molecule is CN(C)CCNc1c2ccccc2[n+](C)c2c1[nH]c1ccc(F)cc12.[I-]. The Bertz CT molecular complexity index is 1090. The second-order valence-corrected chi connectivity index (χ2v) is 6.72. The first kappa shape index (κ1) is 18.8. The van der Waals surface area contributed by atoms with E-state index < -0.39 is 0 Å². The van der Waals surface area contributed by atoms with Crippen molar-refractivity contribution in [1.82, 2.24) is 9.88 Å². The average molecular weight is 464 g/mol. The second kappa shape index (κ2) is 7.36. The molecule has 0 bridgehead atoms. The van der Waals surface area contributed by atoms with E-state index in [1.165, 1.54) is 6.07 Å². The molecule has 2 aromatic carbocycles. The van der Waals surface area contributed by atoms with Gasteiger partial charge in [-0.1, -0.05) is 12.1 Å². The number of hydrogen-bond donors (Lipinski definition) is 2. The molecule has 0 unspecified atom stereocenters. The quantitative estimate of drug-likeness (QED) is 0.339. The van der Waals surface area contributed by atoms with Gasteiger partial charge in [-0.2, -0.15) is 4.57 Å². The average Bonchev–Trinajstić information content (AvgIpc) is 2.96. The van der Waals surface area contributed by atoms with Crippen LogP contribution in [0.2, 0.25) is 0 Å². The van der Waals surface area contributed by atoms with Crippen LogP contribution < -0.4 is 33.9 Å². The molecule has 26 heavy (non-hydrogen) atoms. The number of aromatic amines is 1. The molecule has 2 aromatic heterocycles. The molecule has 0 saturated carbocycles. The van der Waals surface area contributed by atoms with Crippen LogP contribution in [-0.4, -0.2) is 37.1 Å². The Morgan fingerprint density at radius 1 is 1.12 bits per heavy atom. The van der Waals surface area contributed by atoms with Gasteiger partial charge in [-0.15, -0.1) is 0 Å². The third-order valence-corrected chi connectivity index (χ3v) is 4.71. The van der Waals surface area contributed by atoms with Crippen LogP contribution in [0, 0.1) is 5.82 Å². The molecule has 2 N–H and O–H groups in total. The van der Waals surface area contributed by atoms with Gasteiger partial charge in [0.15, 0.2) is 0 Å². The first-order chi connectivity index (χ1) is 12.1. The summed E-state index contributed by atoms with van der Waals surface area (Å²) in [5.74, 6) is -0.219. The standard InChI is InChI=1S/C20H21FN4.HI/c1-24(2)11-10-22-18-14-6-4-5-7-17(14)25(3)20-15-12-13(21)8-9-16(15)23-19(18)20;/h4-9,12H,10-11H2,1-3H3,(H,22,23);1H. The zero-order valence-corrected chi connectivity index (χ0v) is 17.3. The van der Waals surface area contributed by atoms with Crippen LogP contribution in [0.15, 0.2) is 42.5 Å². The predicted octanol–water partition coefficient (Wildman–Crippen LogP) is 0.415. The van der Waals surface area contributed by atoms with Gasteiger partial charge in [-0.3, -0.25) is 0 Å². The molecule has 0 atom stereocenters. The number of hydrogen-bond acceptors (Lipinski definition) is 2. The predicted molar refractivity (Wildman–Crippen MR) is 101 cm³/mol. The van der Waals surface area contributed by atoms with Crippen molar-refractivity contribution >= 4 is 38.5 Å². The number of likely N-dealkylation sites (N-methyl/N-ethyl adjacent to an activating group) is 1. The van der Waals surface area contributed by atoms with E-state index in [2.05, 4.69) is 46.0 Å². The van der Waals surface area contributed by atoms with Crippen LogP contribution in [0.1, 0.15) is 0 Å². The molecule has 0 radical (unpaired) electrons. The lowest BCUT2D eigenvalue weighted by Crippen LogP contribution is -3.00. The number of pyridine rings is 1. The number of fused-ring (bicyclic) bond motifs is 4. The van der Waals surface area contributed by atoms with Gasteiger partial charge in [0.1, 0.15) is 18.4 Å². The van der Waals surface area contributed by atoms with Crippen LogP contribution in [0.3, 0.4) is 0 Å². The van der Waals surface area contributed by atoms with E-state index in [9.17, 15) is 4.39 Å². The number of rotatable bonds is 4. The molecule has 2 heterocycles. The van der Waals surface area contributed by atoms with Gasteiger partial charge in [0, 0.05) is 19.2 Å². The van der Waals surface area contributed by atoms with Gasteiger partial charge >= 0.3 is 0 Å². The number of benzene rings is 2. The Morgan fingerprint density at radius 3 is 2.65 bits per heavy atom. The molecule has 4 rings (SSSR count). The zero-order chi connectivity index (χ0) is 17.6. The Hall–Kier alpha value is -1.93. The fourth-order valence-corrected chi connectivity index (χ4v) is 3.50. The zero-order valence-electron chi connectivity index (χ0n) is 15.1. The maximum absolute atomic E-state index is 13.8. The van der Waals surface area contributed by atoms with E-state index in [-0.39, 0.29) is 29.8 Å². The summed E-state index contributed by atoms with van der Waals surface area (Å²) in [5, 5.41) is 5.64. The molecular weight excluding hydrogens is 442 g/mol. The van der Waals surface area contributed by atoms with Crippen LogP contribution in [0.25, 0.3) is 32.8 Å². The lowest BCUT2D eigenvalue weighted by molar-refractivity contribution is -0.616. The summed E-state index contributed by atoms with van der Waals surface area (Å²) in [5.41, 5.74) is 5.16. The summed E-state index contributed by atoms with van der Waals surface area (Å²) < 4.78 is 16.0. The molecule has 0 aliphatic rings. The van der Waals surface area contributed by atoms with Gasteiger partial charge in [0.25, 0.3) is 0 Å². The fraction of sp³-hybridized carbons (Fsp3) is 0.250. The summed E-state index contributed by atoms with van der Waals surface area (Å²) in [6, 6.07) is 13.2. The molecule has 0 amide bonds. The molecule has 0 saturated heterocycles. The van der Waals surface area contributed by atoms with E-state index >= 15 is 0 Å². The maximum Gasteiger partial charge on any atom is 0.240 e. The van der Waals surface area contributed by atoms with E-state index in [4.69, 9.17) is 0 Å². The number of para-hydroxylation sites is 1. The van der Waals surface area contributed by atoms with Crippen molar-refractivity contribution in [2.75, 3.05) is 32.5 Å². The molecular formula is C20H22FIN4. The Balaban J connectivity index is 0.00000196. The highest BCUT2D eigenvalue weighted by atomic mass is 127. The summed E-state index contributed by atoms with van der Waals surface area (Å²) in [6.45, 7) is 1.77. The molecule has 0 spiro atoms. The number of aryl methyl sites for hydroxylation is 1. The lowest BCUT2D eigenvalue weighted by Gasteiger charge is -2.13. The third kappa shape index (κ3) is 3.12. The number of aromatic nitrogens is 2. The van der Waals surface area contributed by atoms with E-state index in [1.807, 2.05) is 19.2 Å². The largest absolute Gasteiger partial charge is 1.00 e. The molecule has 4 aromatic rings. The topological polar surface area (TPSA) is 34.9 Å². The highest BCUT2D eigenvalue weighted by Crippen LogP contribution is 2.33. The molecule has 0 aliphatic heterocycles. The molecule has 0 aliphatic carbocycles. The van der Waals surface area contributed by atoms with E-state index in [1.54, 1.807) is 12.1 Å². The lowest BCUT2D eigenvalue weighted by atomic mass is 10.1. The number of halogens is 2. The van der Waals surface area contributed by atoms with Gasteiger partial charge in [0.2, 0.25) is 11.0 Å². The van der Waals surface area contributed by atoms with Crippen molar-refractivity contribution in [2.45, 2.75) is 0 Å². The van der Waals surface area contributed by atoms with E-state index in [0.717, 1.165) is 51.6 Å². The monoisotopic (exact) mass is 464 g/mol. The molecule has 4 nitrogen and oxygen atoms in total. The number of H-pyrrole nitrogens is 1. The summed E-state index contributed by atoms with van der Waals surface area (Å²) in [4.78, 5) is 5.63. The fourth-order valence-electron chi connectivity index (χ4n) is 3.50. The Labute approximate surface area is 169 Å². The summed E-state index contributed by atoms with van der Waals surface area (Å²) >= 11 is 0. The normalized spacial score (nSPS) is 11.4. The van der Waals surface area contributed by atoms with Crippen LogP contribution >= 0.6 is 0 Å². The first-order valence-electron chi connectivity index (χ1n) is 8.46. The van der Waals surface area contributed by atoms with Crippen molar-refractivity contribution in [3.05, 3.63) is 48.3 Å². The Morgan fingerprint density at radius 2 is 1.88 bits per heavy atom. The van der Waals surface area contributed by atoms with Crippen molar-refractivity contribution in [2.24, 2.45) is 7.05 Å². The van der Waals surface area contributed by atoms with Gasteiger partial charge in [0.05, 0.1) is 22.0 Å². The minimum absolute atomic E-state index is 0. The highest BCUT2D eigenvalue weighted by molar-refractivity contribution is 6.13. The number of nitrogens with one attached hydrogen (secondary N) is 2. The van der Waals surface area contributed by atoms with Crippen LogP contribution in [0.4, 0.5) is 10.1 Å². The van der Waals surface area contributed by atoms with Gasteiger partial charge in [-0.05, 0) is 38.4 Å². The third-order valence-electron chi connectivity index (χ3n) is 4.71. The van der Waals surface area contributed by atoms with Crippen molar-refractivity contribution < 1.29 is 32.9 Å². The summed E-state index contributed by atoms with van der Waals surface area (Å²) in [6.07, 6.45) is 0. The van der Waals surface area contributed by atoms with Crippen molar-refractivity contribution in [3.8, 4) is 0 Å².